The Morgan fingerprint density at radius 3 is 2.67 bits per heavy atom. The number of carbonyl (C=O) groups excluding carboxylic acids is 1. The summed E-state index contributed by atoms with van der Waals surface area (Å²) in [6, 6.07) is 9.80. The molecule has 0 unspecified atom stereocenters. The summed E-state index contributed by atoms with van der Waals surface area (Å²) in [5.41, 5.74) is 4.87. The third-order valence-corrected chi connectivity index (χ3v) is 1.90. The molecule has 0 aliphatic rings. The molecule has 0 spiro atoms. The van der Waals surface area contributed by atoms with Gasteiger partial charge in [-0.25, -0.2) is 4.79 Å². The standard InChI is InChI=1S/C13H14O2/c1-3-15-13(14)10-9-11(2)12-7-5-4-6-8-12/h4-8,10H,3H2,1-2H3. The van der Waals surface area contributed by atoms with Crippen LogP contribution in [0.5, 0.6) is 0 Å². The number of rotatable bonds is 3. The minimum absolute atomic E-state index is 0.354. The van der Waals surface area contributed by atoms with Crippen molar-refractivity contribution in [2.75, 3.05) is 6.61 Å². The first kappa shape index (κ1) is 11.3. The molecular weight excluding hydrogens is 188 g/mol. The van der Waals surface area contributed by atoms with E-state index in [9.17, 15) is 4.79 Å². The molecule has 2 heteroatoms. The second-order valence-corrected chi connectivity index (χ2v) is 3.03. The number of hydrogen-bond acceptors (Lipinski definition) is 2. The van der Waals surface area contributed by atoms with Gasteiger partial charge in [-0.1, -0.05) is 30.3 Å². The number of benzene rings is 1. The molecule has 1 aromatic rings. The molecule has 0 N–H and O–H groups in total. The summed E-state index contributed by atoms with van der Waals surface area (Å²) in [5, 5.41) is 0. The molecule has 0 amide bonds. The predicted molar refractivity (Wildman–Crippen MR) is 60.2 cm³/mol. The van der Waals surface area contributed by atoms with E-state index in [-0.39, 0.29) is 5.97 Å². The van der Waals surface area contributed by atoms with E-state index in [1.807, 2.05) is 37.3 Å². The molecule has 0 fully saturated rings. The minimum Gasteiger partial charge on any atom is -0.462 e. The second-order valence-electron chi connectivity index (χ2n) is 3.03. The van der Waals surface area contributed by atoms with Crippen molar-refractivity contribution in [1.29, 1.82) is 0 Å². The molecule has 78 valence electrons. The van der Waals surface area contributed by atoms with Gasteiger partial charge in [0.05, 0.1) is 12.7 Å². The lowest BCUT2D eigenvalue weighted by molar-refractivity contribution is -0.137. The fourth-order valence-corrected chi connectivity index (χ4v) is 1.12. The van der Waals surface area contributed by atoms with Crippen LogP contribution in [0, 0.1) is 0 Å². The molecule has 0 saturated heterocycles. The Labute approximate surface area is 89.9 Å². The van der Waals surface area contributed by atoms with Crippen LogP contribution in [0.2, 0.25) is 0 Å². The Bertz CT molecular complexity index is 384. The van der Waals surface area contributed by atoms with Crippen molar-refractivity contribution in [3.8, 4) is 0 Å². The highest BCUT2D eigenvalue weighted by atomic mass is 16.5. The topological polar surface area (TPSA) is 26.3 Å². The van der Waals surface area contributed by atoms with Gasteiger partial charge in [0, 0.05) is 0 Å². The second kappa shape index (κ2) is 5.84. The number of carbonyl (C=O) groups is 1. The Kier molecular flexibility index (Phi) is 4.39. The van der Waals surface area contributed by atoms with E-state index in [1.165, 1.54) is 6.08 Å². The highest BCUT2D eigenvalue weighted by molar-refractivity contribution is 5.83. The fraction of sp³-hybridized carbons (Fsp3) is 0.231. The van der Waals surface area contributed by atoms with Crippen LogP contribution < -0.4 is 0 Å². The molecule has 1 rings (SSSR count). The minimum atomic E-state index is -0.354. The van der Waals surface area contributed by atoms with Gasteiger partial charge in [-0.2, -0.15) is 0 Å². The summed E-state index contributed by atoms with van der Waals surface area (Å²) in [5.74, 6) is -0.354. The summed E-state index contributed by atoms with van der Waals surface area (Å²) < 4.78 is 4.76. The third-order valence-electron chi connectivity index (χ3n) is 1.90. The summed E-state index contributed by atoms with van der Waals surface area (Å²) in [4.78, 5) is 11.0. The first-order valence-electron chi connectivity index (χ1n) is 4.89. The molecule has 0 bridgehead atoms. The fourth-order valence-electron chi connectivity index (χ4n) is 1.12. The first-order chi connectivity index (χ1) is 7.24. The average Bonchev–Trinajstić information content (AvgIpc) is 2.27. The monoisotopic (exact) mass is 202 g/mol. The molecule has 0 atom stereocenters. The maximum Gasteiger partial charge on any atom is 0.338 e. The van der Waals surface area contributed by atoms with E-state index in [4.69, 9.17) is 4.74 Å². The van der Waals surface area contributed by atoms with Crippen LogP contribution in [0.15, 0.2) is 42.1 Å². The van der Waals surface area contributed by atoms with Crippen LogP contribution in [0.4, 0.5) is 0 Å². The van der Waals surface area contributed by atoms with E-state index in [0.717, 1.165) is 11.1 Å². The van der Waals surface area contributed by atoms with Gasteiger partial charge in [0.1, 0.15) is 0 Å². The number of esters is 1. The lowest BCUT2D eigenvalue weighted by Gasteiger charge is -1.96. The van der Waals surface area contributed by atoms with Gasteiger partial charge in [-0.05, 0) is 25.0 Å². The van der Waals surface area contributed by atoms with Gasteiger partial charge in [0.25, 0.3) is 0 Å². The van der Waals surface area contributed by atoms with E-state index < -0.39 is 0 Å². The maximum atomic E-state index is 11.0. The van der Waals surface area contributed by atoms with Crippen molar-refractivity contribution in [2.45, 2.75) is 13.8 Å². The average molecular weight is 202 g/mol. The van der Waals surface area contributed by atoms with Gasteiger partial charge in [0.15, 0.2) is 0 Å². The zero-order valence-corrected chi connectivity index (χ0v) is 8.99. The van der Waals surface area contributed by atoms with Crippen LogP contribution in [-0.4, -0.2) is 12.6 Å². The predicted octanol–water partition coefficient (Wildman–Crippen LogP) is 2.81. The van der Waals surface area contributed by atoms with E-state index >= 15 is 0 Å². The molecule has 0 aromatic heterocycles. The van der Waals surface area contributed by atoms with E-state index in [2.05, 4.69) is 5.73 Å². The van der Waals surface area contributed by atoms with Crippen molar-refractivity contribution in [2.24, 2.45) is 0 Å². The van der Waals surface area contributed by atoms with Crippen molar-refractivity contribution < 1.29 is 9.53 Å². The molecular formula is C13H14O2. The lowest BCUT2D eigenvalue weighted by Crippen LogP contribution is -1.98. The van der Waals surface area contributed by atoms with Gasteiger partial charge >= 0.3 is 5.97 Å². The highest BCUT2D eigenvalue weighted by Crippen LogP contribution is 2.10. The Morgan fingerprint density at radius 1 is 1.40 bits per heavy atom. The molecule has 0 aliphatic heterocycles. The molecule has 2 nitrogen and oxygen atoms in total. The molecule has 0 radical (unpaired) electrons. The van der Waals surface area contributed by atoms with Crippen molar-refractivity contribution in [3.05, 3.63) is 47.7 Å². The molecule has 15 heavy (non-hydrogen) atoms. The van der Waals surface area contributed by atoms with Crippen LogP contribution >= 0.6 is 0 Å². The summed E-state index contributed by atoms with van der Waals surface area (Å²) >= 11 is 0. The van der Waals surface area contributed by atoms with Gasteiger partial charge in [-0.3, -0.25) is 0 Å². The maximum absolute atomic E-state index is 11.0. The zero-order valence-electron chi connectivity index (χ0n) is 8.99. The van der Waals surface area contributed by atoms with Crippen LogP contribution in [0.25, 0.3) is 5.57 Å². The van der Waals surface area contributed by atoms with Crippen LogP contribution in [0.1, 0.15) is 19.4 Å². The molecule has 0 aliphatic carbocycles. The molecule has 0 saturated carbocycles. The SMILES string of the molecule is CCOC(=O)C=C=C(C)c1ccccc1. The number of ether oxygens (including phenoxy) is 1. The van der Waals surface area contributed by atoms with Crippen LogP contribution in [-0.2, 0) is 9.53 Å². The van der Waals surface area contributed by atoms with E-state index in [1.54, 1.807) is 6.92 Å². The molecule has 0 heterocycles. The normalized spacial score (nSPS) is 8.93. The first-order valence-corrected chi connectivity index (χ1v) is 4.89. The van der Waals surface area contributed by atoms with E-state index in [0.29, 0.717) is 6.61 Å². The Morgan fingerprint density at radius 2 is 2.07 bits per heavy atom. The third kappa shape index (κ3) is 3.84. The number of hydrogen-bond donors (Lipinski definition) is 0. The summed E-state index contributed by atoms with van der Waals surface area (Å²) in [6.45, 7) is 4.08. The largest absolute Gasteiger partial charge is 0.462 e. The molecule has 1 aromatic carbocycles. The van der Waals surface area contributed by atoms with Crippen molar-refractivity contribution >= 4 is 11.5 Å². The van der Waals surface area contributed by atoms with Crippen LogP contribution in [0.3, 0.4) is 0 Å². The van der Waals surface area contributed by atoms with Gasteiger partial charge in [-0.15, -0.1) is 5.73 Å². The van der Waals surface area contributed by atoms with Gasteiger partial charge in [0.2, 0.25) is 0 Å². The summed E-state index contributed by atoms with van der Waals surface area (Å²) in [7, 11) is 0. The van der Waals surface area contributed by atoms with Crippen molar-refractivity contribution in [3.63, 3.8) is 0 Å². The highest BCUT2D eigenvalue weighted by Gasteiger charge is 1.94. The summed E-state index contributed by atoms with van der Waals surface area (Å²) in [6.07, 6.45) is 1.33. The zero-order chi connectivity index (χ0) is 11.1. The van der Waals surface area contributed by atoms with Crippen molar-refractivity contribution in [1.82, 2.24) is 0 Å². The Hall–Kier alpha value is -1.79. The smallest absolute Gasteiger partial charge is 0.338 e. The Balaban J connectivity index is 2.80. The quantitative estimate of drug-likeness (QED) is 0.428. The lowest BCUT2D eigenvalue weighted by atomic mass is 10.1. The van der Waals surface area contributed by atoms with Gasteiger partial charge < -0.3 is 4.74 Å².